The molecule has 1 aromatic carbocycles. The first-order valence-electron chi connectivity index (χ1n) is 8.17. The molecular formula is C18H29NS. The van der Waals surface area contributed by atoms with Crippen LogP contribution in [0.15, 0.2) is 35.2 Å². The van der Waals surface area contributed by atoms with Crippen molar-refractivity contribution in [2.75, 3.05) is 12.3 Å². The molecule has 1 fully saturated rings. The largest absolute Gasteiger partial charge is 0.314 e. The number of rotatable bonds is 7. The van der Waals surface area contributed by atoms with E-state index in [4.69, 9.17) is 0 Å². The third-order valence-corrected chi connectivity index (χ3v) is 5.40. The molecule has 0 aliphatic heterocycles. The van der Waals surface area contributed by atoms with Crippen LogP contribution in [0.5, 0.6) is 0 Å². The van der Waals surface area contributed by atoms with E-state index in [1.807, 2.05) is 11.8 Å². The second-order valence-corrected chi connectivity index (χ2v) is 7.49. The van der Waals surface area contributed by atoms with Crippen molar-refractivity contribution in [3.05, 3.63) is 30.3 Å². The molecule has 112 valence electrons. The quantitative estimate of drug-likeness (QED) is 0.712. The minimum atomic E-state index is 0.622. The van der Waals surface area contributed by atoms with Gasteiger partial charge in [0.1, 0.15) is 0 Å². The molecule has 0 amide bonds. The molecule has 2 heteroatoms. The van der Waals surface area contributed by atoms with Crippen LogP contribution < -0.4 is 5.32 Å². The highest BCUT2D eigenvalue weighted by atomic mass is 32.2. The average Bonchev–Trinajstić information content (AvgIpc) is 2.47. The molecule has 1 aliphatic rings. The zero-order valence-electron chi connectivity index (χ0n) is 13.0. The number of nitrogens with one attached hydrogen (secondary N) is 1. The predicted octanol–water partition coefficient (Wildman–Crippen LogP) is 4.97. The first kappa shape index (κ1) is 15.9. The molecule has 1 saturated carbocycles. The number of hydrogen-bond acceptors (Lipinski definition) is 2. The van der Waals surface area contributed by atoms with Gasteiger partial charge in [0.15, 0.2) is 0 Å². The Morgan fingerprint density at radius 1 is 1.10 bits per heavy atom. The summed E-state index contributed by atoms with van der Waals surface area (Å²) in [5.74, 6) is 3.11. The Hall–Kier alpha value is -0.470. The van der Waals surface area contributed by atoms with Crippen LogP contribution in [0.1, 0.15) is 46.0 Å². The summed E-state index contributed by atoms with van der Waals surface area (Å²) in [6.07, 6.45) is 7.13. The molecule has 0 heterocycles. The molecule has 0 spiro atoms. The van der Waals surface area contributed by atoms with Crippen molar-refractivity contribution >= 4 is 11.8 Å². The Labute approximate surface area is 128 Å². The third-order valence-electron chi connectivity index (χ3n) is 4.36. The molecule has 2 atom stereocenters. The minimum Gasteiger partial charge on any atom is -0.314 e. The molecular weight excluding hydrogens is 262 g/mol. The summed E-state index contributed by atoms with van der Waals surface area (Å²) in [7, 11) is 0. The lowest BCUT2D eigenvalue weighted by molar-refractivity contribution is 0.221. The first-order valence-corrected chi connectivity index (χ1v) is 9.15. The topological polar surface area (TPSA) is 12.0 Å². The highest BCUT2D eigenvalue weighted by Gasteiger charge is 2.24. The molecule has 0 saturated heterocycles. The highest BCUT2D eigenvalue weighted by Crippen LogP contribution is 2.33. The molecule has 20 heavy (non-hydrogen) atoms. The van der Waals surface area contributed by atoms with Crippen molar-refractivity contribution in [2.24, 2.45) is 11.8 Å². The van der Waals surface area contributed by atoms with Gasteiger partial charge in [-0.05, 0) is 49.1 Å². The van der Waals surface area contributed by atoms with E-state index in [1.165, 1.54) is 49.3 Å². The van der Waals surface area contributed by atoms with Gasteiger partial charge in [-0.3, -0.25) is 0 Å². The maximum atomic E-state index is 3.65. The van der Waals surface area contributed by atoms with Gasteiger partial charge in [0, 0.05) is 10.9 Å². The van der Waals surface area contributed by atoms with E-state index >= 15 is 0 Å². The molecule has 2 unspecified atom stereocenters. The summed E-state index contributed by atoms with van der Waals surface area (Å²) in [4.78, 5) is 1.42. The first-order chi connectivity index (χ1) is 9.75. The second-order valence-electron chi connectivity index (χ2n) is 6.32. The van der Waals surface area contributed by atoms with Crippen molar-refractivity contribution in [3.63, 3.8) is 0 Å². The molecule has 1 N–H and O–H groups in total. The van der Waals surface area contributed by atoms with Crippen LogP contribution in [0, 0.1) is 11.8 Å². The molecule has 1 aliphatic carbocycles. The van der Waals surface area contributed by atoms with Gasteiger partial charge in [-0.1, -0.05) is 51.3 Å². The second kappa shape index (κ2) is 8.74. The van der Waals surface area contributed by atoms with Gasteiger partial charge in [-0.25, -0.2) is 0 Å². The Balaban J connectivity index is 1.74. The lowest BCUT2D eigenvalue weighted by atomic mass is 9.78. The fraction of sp³-hybridized carbons (Fsp3) is 0.667. The van der Waals surface area contributed by atoms with E-state index < -0.39 is 0 Å². The van der Waals surface area contributed by atoms with Crippen LogP contribution in [0.3, 0.4) is 0 Å². The Bertz CT molecular complexity index is 363. The lowest BCUT2D eigenvalue weighted by Crippen LogP contribution is -2.34. The van der Waals surface area contributed by atoms with Crippen LogP contribution in [-0.4, -0.2) is 18.3 Å². The van der Waals surface area contributed by atoms with Gasteiger partial charge in [0.05, 0.1) is 0 Å². The van der Waals surface area contributed by atoms with Crippen molar-refractivity contribution in [2.45, 2.75) is 56.9 Å². The number of thioether (sulfide) groups is 1. The molecule has 1 aromatic rings. The molecule has 1 nitrogen and oxygen atoms in total. The average molecular weight is 292 g/mol. The zero-order valence-corrected chi connectivity index (χ0v) is 13.8. The third kappa shape index (κ3) is 5.49. The molecule has 0 radical (unpaired) electrons. The van der Waals surface area contributed by atoms with Crippen LogP contribution in [0.4, 0.5) is 0 Å². The van der Waals surface area contributed by atoms with E-state index in [0.717, 1.165) is 11.8 Å². The van der Waals surface area contributed by atoms with Gasteiger partial charge in [-0.2, -0.15) is 0 Å². The van der Waals surface area contributed by atoms with Gasteiger partial charge >= 0.3 is 0 Å². The van der Waals surface area contributed by atoms with Crippen molar-refractivity contribution in [1.82, 2.24) is 5.32 Å². The number of benzene rings is 1. The van der Waals surface area contributed by atoms with Crippen LogP contribution in [0.25, 0.3) is 0 Å². The standard InChI is InChI=1S/C18H29NS/c1-15(2)19-14-17-9-7-6-8-16(17)12-13-20-18-10-4-3-5-11-18/h3-5,10-11,15-17,19H,6-9,12-14H2,1-2H3. The maximum Gasteiger partial charge on any atom is 0.00719 e. The van der Waals surface area contributed by atoms with E-state index in [9.17, 15) is 0 Å². The predicted molar refractivity (Wildman–Crippen MR) is 90.4 cm³/mol. The van der Waals surface area contributed by atoms with Crippen molar-refractivity contribution in [1.29, 1.82) is 0 Å². The zero-order chi connectivity index (χ0) is 14.2. The SMILES string of the molecule is CC(C)NCC1CCCCC1CCSc1ccccc1. The van der Waals surface area contributed by atoms with Crippen molar-refractivity contribution in [3.8, 4) is 0 Å². The molecule has 0 bridgehead atoms. The monoisotopic (exact) mass is 291 g/mol. The Morgan fingerprint density at radius 3 is 2.50 bits per heavy atom. The maximum absolute atomic E-state index is 3.65. The summed E-state index contributed by atoms with van der Waals surface area (Å²) in [6, 6.07) is 11.4. The van der Waals surface area contributed by atoms with Crippen LogP contribution in [0.2, 0.25) is 0 Å². The molecule has 2 rings (SSSR count). The summed E-state index contributed by atoms with van der Waals surface area (Å²) >= 11 is 2.02. The number of hydrogen-bond donors (Lipinski definition) is 1. The Morgan fingerprint density at radius 2 is 1.80 bits per heavy atom. The summed E-state index contributed by atoms with van der Waals surface area (Å²) in [6.45, 7) is 5.73. The molecule has 0 aromatic heterocycles. The van der Waals surface area contributed by atoms with Crippen molar-refractivity contribution < 1.29 is 0 Å². The van der Waals surface area contributed by atoms with Gasteiger partial charge in [-0.15, -0.1) is 11.8 Å². The van der Waals surface area contributed by atoms with E-state index in [1.54, 1.807) is 0 Å². The van der Waals surface area contributed by atoms with E-state index in [-0.39, 0.29) is 0 Å². The summed E-state index contributed by atoms with van der Waals surface area (Å²) in [5.41, 5.74) is 0. The van der Waals surface area contributed by atoms with Crippen LogP contribution in [-0.2, 0) is 0 Å². The fourth-order valence-electron chi connectivity index (χ4n) is 3.17. The van der Waals surface area contributed by atoms with Gasteiger partial charge in [0.2, 0.25) is 0 Å². The van der Waals surface area contributed by atoms with E-state index in [2.05, 4.69) is 49.5 Å². The van der Waals surface area contributed by atoms with Gasteiger partial charge in [0.25, 0.3) is 0 Å². The van der Waals surface area contributed by atoms with Gasteiger partial charge < -0.3 is 5.32 Å². The lowest BCUT2D eigenvalue weighted by Gasteiger charge is -2.32. The Kier molecular flexibility index (Phi) is 6.95. The van der Waals surface area contributed by atoms with E-state index in [0.29, 0.717) is 6.04 Å². The smallest absolute Gasteiger partial charge is 0.00719 e. The van der Waals surface area contributed by atoms with Crippen LogP contribution >= 0.6 is 11.8 Å². The normalized spacial score (nSPS) is 23.1. The minimum absolute atomic E-state index is 0.622. The summed E-state index contributed by atoms with van der Waals surface area (Å²) < 4.78 is 0. The summed E-state index contributed by atoms with van der Waals surface area (Å²) in [5, 5.41) is 3.65. The fourth-order valence-corrected chi connectivity index (χ4v) is 4.17. The highest BCUT2D eigenvalue weighted by molar-refractivity contribution is 7.99.